The van der Waals surface area contributed by atoms with Crippen molar-refractivity contribution in [1.29, 1.82) is 0 Å². The molecule has 0 spiro atoms. The van der Waals surface area contributed by atoms with E-state index in [0.29, 0.717) is 0 Å². The molecule has 0 amide bonds. The molecule has 2 N–H and O–H groups in total. The molecule has 16 heavy (non-hydrogen) atoms. The van der Waals surface area contributed by atoms with Crippen molar-refractivity contribution in [2.75, 3.05) is 0 Å². The maximum absolute atomic E-state index is 11.6. The van der Waals surface area contributed by atoms with Crippen LogP contribution < -0.4 is 0 Å². The lowest BCUT2D eigenvalue weighted by Crippen LogP contribution is -2.60. The zero-order valence-electron chi connectivity index (χ0n) is 8.94. The second-order valence-corrected chi connectivity index (χ2v) is 4.21. The molecule has 2 atom stereocenters. The van der Waals surface area contributed by atoms with Crippen LogP contribution in [0.5, 0.6) is 0 Å². The Morgan fingerprint density at radius 3 is 1.38 bits per heavy atom. The van der Waals surface area contributed by atoms with Gasteiger partial charge < -0.3 is 10.2 Å². The van der Waals surface area contributed by atoms with Crippen LogP contribution in [0.25, 0.3) is 0 Å². The summed E-state index contributed by atoms with van der Waals surface area (Å²) in [6, 6.07) is 0. The van der Waals surface area contributed by atoms with Gasteiger partial charge in [-0.15, -0.1) is 0 Å². The third kappa shape index (κ3) is 1.19. The summed E-state index contributed by atoms with van der Waals surface area (Å²) in [5.41, 5.74) is -4.37. The van der Waals surface area contributed by atoms with E-state index < -0.39 is 34.3 Å². The van der Waals surface area contributed by atoms with E-state index in [0.717, 1.165) is 13.8 Å². The molecule has 0 aliphatic heterocycles. The monoisotopic (exact) mass is 228 g/mol. The third-order valence-electron chi connectivity index (χ3n) is 3.55. The van der Waals surface area contributed by atoms with Gasteiger partial charge in [-0.1, -0.05) is 0 Å². The summed E-state index contributed by atoms with van der Waals surface area (Å²) in [6.45, 7) is 2.01. The molecule has 1 aliphatic rings. The van der Waals surface area contributed by atoms with Crippen molar-refractivity contribution in [3.63, 3.8) is 0 Å². The second kappa shape index (κ2) is 3.40. The van der Waals surface area contributed by atoms with Crippen molar-refractivity contribution in [2.24, 2.45) is 10.8 Å². The molecule has 1 fully saturated rings. The molecular weight excluding hydrogens is 216 g/mol. The van der Waals surface area contributed by atoms with Gasteiger partial charge >= 0.3 is 11.9 Å². The zero-order valence-corrected chi connectivity index (χ0v) is 8.94. The first-order chi connectivity index (χ1) is 7.19. The van der Waals surface area contributed by atoms with Crippen molar-refractivity contribution in [3.8, 4) is 0 Å². The highest BCUT2D eigenvalue weighted by Gasteiger charge is 2.65. The minimum absolute atomic E-state index is 0.218. The maximum atomic E-state index is 11.6. The van der Waals surface area contributed by atoms with Gasteiger partial charge in [0.2, 0.25) is 0 Å². The van der Waals surface area contributed by atoms with Crippen LogP contribution in [0.4, 0.5) is 0 Å². The van der Waals surface area contributed by atoms with E-state index in [9.17, 15) is 19.2 Å². The SMILES string of the molecule is CC1(C(=O)O)C(=O)CCC(=O)C1(C)C(=O)O. The standard InChI is InChI=1S/C10H12O6/c1-9(7(13)14)5(11)3-4-6(12)10(9,2)8(15)16/h3-4H2,1-2H3,(H,13,14)(H,15,16). The Kier molecular flexibility index (Phi) is 2.62. The number of aliphatic carboxylic acids is 2. The average molecular weight is 228 g/mol. The topological polar surface area (TPSA) is 109 Å². The highest BCUT2D eigenvalue weighted by molar-refractivity contribution is 6.19. The minimum Gasteiger partial charge on any atom is -0.480 e. The Balaban J connectivity index is 3.48. The number of carbonyl (C=O) groups is 4. The number of hydrogen-bond acceptors (Lipinski definition) is 4. The van der Waals surface area contributed by atoms with Gasteiger partial charge in [-0.25, -0.2) is 0 Å². The predicted molar refractivity (Wildman–Crippen MR) is 50.7 cm³/mol. The van der Waals surface area contributed by atoms with Gasteiger partial charge in [0.1, 0.15) is 10.8 Å². The smallest absolute Gasteiger partial charge is 0.318 e. The van der Waals surface area contributed by atoms with E-state index in [1.54, 1.807) is 0 Å². The van der Waals surface area contributed by atoms with Crippen LogP contribution in [0, 0.1) is 10.8 Å². The number of carboxylic acids is 2. The molecule has 6 heteroatoms. The normalized spacial score (nSPS) is 34.9. The van der Waals surface area contributed by atoms with Gasteiger partial charge in [0.15, 0.2) is 11.6 Å². The molecule has 0 radical (unpaired) electrons. The van der Waals surface area contributed by atoms with Gasteiger partial charge in [0.25, 0.3) is 0 Å². The molecular formula is C10H12O6. The fourth-order valence-electron chi connectivity index (χ4n) is 1.95. The molecule has 0 bridgehead atoms. The average Bonchev–Trinajstić information content (AvgIpc) is 2.20. The van der Waals surface area contributed by atoms with E-state index >= 15 is 0 Å². The van der Waals surface area contributed by atoms with Crippen molar-refractivity contribution in [3.05, 3.63) is 0 Å². The zero-order chi connectivity index (χ0) is 12.7. The van der Waals surface area contributed by atoms with Crippen LogP contribution in [-0.2, 0) is 19.2 Å². The fraction of sp³-hybridized carbons (Fsp3) is 0.600. The van der Waals surface area contributed by atoms with Crippen molar-refractivity contribution in [1.82, 2.24) is 0 Å². The van der Waals surface area contributed by atoms with E-state index in [1.165, 1.54) is 0 Å². The summed E-state index contributed by atoms with van der Waals surface area (Å²) in [5, 5.41) is 18.1. The minimum atomic E-state index is -2.19. The number of ketones is 2. The van der Waals surface area contributed by atoms with E-state index in [2.05, 4.69) is 0 Å². The number of Topliss-reactive ketones (excluding diaryl/α,β-unsaturated/α-hetero) is 2. The molecule has 0 saturated heterocycles. The molecule has 0 aromatic rings. The number of carboxylic acid groups (broad SMARTS) is 2. The number of hydrogen-bond donors (Lipinski definition) is 2. The van der Waals surface area contributed by atoms with Gasteiger partial charge in [-0.2, -0.15) is 0 Å². The first-order valence-corrected chi connectivity index (χ1v) is 4.72. The highest BCUT2D eigenvalue weighted by atomic mass is 16.4. The molecule has 2 unspecified atom stereocenters. The van der Waals surface area contributed by atoms with E-state index in [4.69, 9.17) is 10.2 Å². The molecule has 0 heterocycles. The molecule has 0 aromatic heterocycles. The summed E-state index contributed by atoms with van der Waals surface area (Å²) in [5.74, 6) is -4.58. The van der Waals surface area contributed by atoms with Crippen molar-refractivity contribution >= 4 is 23.5 Å². The van der Waals surface area contributed by atoms with Crippen molar-refractivity contribution in [2.45, 2.75) is 26.7 Å². The van der Waals surface area contributed by atoms with Gasteiger partial charge in [-0.3, -0.25) is 19.2 Å². The van der Waals surface area contributed by atoms with Crippen LogP contribution in [0.1, 0.15) is 26.7 Å². The van der Waals surface area contributed by atoms with E-state index in [-0.39, 0.29) is 12.8 Å². The van der Waals surface area contributed by atoms with Gasteiger partial charge in [0, 0.05) is 12.8 Å². The van der Waals surface area contributed by atoms with Gasteiger partial charge in [-0.05, 0) is 13.8 Å². The number of carbonyl (C=O) groups excluding carboxylic acids is 2. The highest BCUT2D eigenvalue weighted by Crippen LogP contribution is 2.46. The maximum Gasteiger partial charge on any atom is 0.318 e. The lowest BCUT2D eigenvalue weighted by atomic mass is 9.56. The van der Waals surface area contributed by atoms with Gasteiger partial charge in [0.05, 0.1) is 0 Å². The lowest BCUT2D eigenvalue weighted by molar-refractivity contribution is -0.181. The number of rotatable bonds is 2. The third-order valence-corrected chi connectivity index (χ3v) is 3.55. The predicted octanol–water partition coefficient (Wildman–Crippen LogP) is 0.100. The molecule has 0 aromatic carbocycles. The Hall–Kier alpha value is -1.72. The van der Waals surface area contributed by atoms with Crippen LogP contribution >= 0.6 is 0 Å². The van der Waals surface area contributed by atoms with Crippen LogP contribution in [0.15, 0.2) is 0 Å². The quantitative estimate of drug-likeness (QED) is 0.649. The molecule has 1 saturated carbocycles. The Bertz CT molecular complexity index is 360. The lowest BCUT2D eigenvalue weighted by Gasteiger charge is -2.40. The van der Waals surface area contributed by atoms with Crippen molar-refractivity contribution < 1.29 is 29.4 Å². The van der Waals surface area contributed by atoms with E-state index in [1.807, 2.05) is 0 Å². The Morgan fingerprint density at radius 1 is 0.938 bits per heavy atom. The summed E-state index contributed by atoms with van der Waals surface area (Å²) in [7, 11) is 0. The fourth-order valence-corrected chi connectivity index (χ4v) is 1.95. The Labute approximate surface area is 91.3 Å². The largest absolute Gasteiger partial charge is 0.480 e. The molecule has 6 nitrogen and oxygen atoms in total. The Morgan fingerprint density at radius 2 is 1.19 bits per heavy atom. The first-order valence-electron chi connectivity index (χ1n) is 4.72. The molecule has 1 rings (SSSR count). The van der Waals surface area contributed by atoms with Crippen LogP contribution in [0.2, 0.25) is 0 Å². The van der Waals surface area contributed by atoms with Crippen LogP contribution in [0.3, 0.4) is 0 Å². The first kappa shape index (κ1) is 12.4. The summed E-state index contributed by atoms with van der Waals surface area (Å²) in [6.07, 6.45) is -0.436. The summed E-state index contributed by atoms with van der Waals surface area (Å²) >= 11 is 0. The summed E-state index contributed by atoms with van der Waals surface area (Å²) in [4.78, 5) is 45.5. The van der Waals surface area contributed by atoms with Crippen LogP contribution in [-0.4, -0.2) is 33.7 Å². The molecule has 1 aliphatic carbocycles. The molecule has 88 valence electrons. The second-order valence-electron chi connectivity index (χ2n) is 4.21. The summed E-state index contributed by atoms with van der Waals surface area (Å²) < 4.78 is 0.